The molecule has 0 fully saturated rings. The number of hydrogen-bond acceptors (Lipinski definition) is 3. The lowest BCUT2D eigenvalue weighted by molar-refractivity contribution is -0.151. The highest BCUT2D eigenvalue weighted by Gasteiger charge is 2.30. The summed E-state index contributed by atoms with van der Waals surface area (Å²) in [7, 11) is 1.31. The molecule has 20 heavy (non-hydrogen) atoms. The number of carbonyl (C=O) groups is 1. The Labute approximate surface area is 115 Å². The summed E-state index contributed by atoms with van der Waals surface area (Å²) in [5, 5.41) is 0. The zero-order chi connectivity index (χ0) is 15.4. The van der Waals surface area contributed by atoms with Crippen molar-refractivity contribution >= 4 is 5.97 Å². The van der Waals surface area contributed by atoms with E-state index in [1.807, 2.05) is 0 Å². The Kier molecular flexibility index (Phi) is 5.03. The van der Waals surface area contributed by atoms with Crippen molar-refractivity contribution in [3.05, 3.63) is 29.8 Å². The Hall–Kier alpha value is -1.72. The van der Waals surface area contributed by atoms with Crippen molar-refractivity contribution in [3.8, 4) is 5.75 Å². The molecule has 0 heterocycles. The second-order valence-corrected chi connectivity index (χ2v) is 5.00. The Morgan fingerprint density at radius 2 is 1.70 bits per heavy atom. The molecule has 0 N–H and O–H groups in total. The number of rotatable bonds is 5. The van der Waals surface area contributed by atoms with Crippen molar-refractivity contribution in [2.45, 2.75) is 26.4 Å². The van der Waals surface area contributed by atoms with Gasteiger partial charge in [-0.25, -0.2) is 0 Å². The molecule has 0 saturated carbocycles. The van der Waals surface area contributed by atoms with Gasteiger partial charge in [-0.2, -0.15) is 13.2 Å². The molecule has 112 valence electrons. The summed E-state index contributed by atoms with van der Waals surface area (Å²) in [6, 6.07) is 4.43. The van der Waals surface area contributed by atoms with E-state index in [9.17, 15) is 18.0 Å². The Balaban J connectivity index is 2.53. The summed E-state index contributed by atoms with van der Waals surface area (Å²) in [5.74, 6) is -0.0211. The predicted octanol–water partition coefficient (Wildman–Crippen LogP) is 3.67. The number of alkyl halides is 3. The molecule has 0 spiro atoms. The van der Waals surface area contributed by atoms with Gasteiger partial charge in [0.2, 0.25) is 0 Å². The Bertz CT molecular complexity index is 450. The average Bonchev–Trinajstić information content (AvgIpc) is 2.37. The van der Waals surface area contributed by atoms with Crippen LogP contribution in [-0.4, -0.2) is 19.7 Å². The van der Waals surface area contributed by atoms with Gasteiger partial charge in [-0.1, -0.05) is 0 Å². The van der Waals surface area contributed by atoms with E-state index in [0.717, 1.165) is 12.1 Å². The molecule has 1 rings (SSSR count). The van der Waals surface area contributed by atoms with Crippen LogP contribution in [0.3, 0.4) is 0 Å². The fourth-order valence-electron chi connectivity index (χ4n) is 1.54. The van der Waals surface area contributed by atoms with Crippen LogP contribution in [0, 0.1) is 5.41 Å². The van der Waals surface area contributed by atoms with Gasteiger partial charge in [-0.15, -0.1) is 0 Å². The second kappa shape index (κ2) is 6.15. The average molecular weight is 290 g/mol. The maximum absolute atomic E-state index is 12.4. The van der Waals surface area contributed by atoms with Crippen molar-refractivity contribution in [3.63, 3.8) is 0 Å². The van der Waals surface area contributed by atoms with E-state index >= 15 is 0 Å². The standard InChI is InChI=1S/C14H17F3O3/c1-13(2,12(18)19-3)8-9-20-11-6-4-10(5-7-11)14(15,16)17/h4-7H,8-9H2,1-3H3. The normalized spacial score (nSPS) is 12.1. The molecule has 3 nitrogen and oxygen atoms in total. The van der Waals surface area contributed by atoms with Crippen molar-refractivity contribution in [1.82, 2.24) is 0 Å². The van der Waals surface area contributed by atoms with Gasteiger partial charge in [0.05, 0.1) is 24.7 Å². The molecule has 0 aromatic heterocycles. The fraction of sp³-hybridized carbons (Fsp3) is 0.500. The maximum Gasteiger partial charge on any atom is 0.416 e. The first-order chi connectivity index (χ1) is 9.16. The summed E-state index contributed by atoms with van der Waals surface area (Å²) in [6.07, 6.45) is -3.95. The molecular weight excluding hydrogens is 273 g/mol. The quantitative estimate of drug-likeness (QED) is 0.776. The summed E-state index contributed by atoms with van der Waals surface area (Å²) in [6.45, 7) is 3.65. The van der Waals surface area contributed by atoms with Gasteiger partial charge >= 0.3 is 12.1 Å². The van der Waals surface area contributed by atoms with Crippen molar-refractivity contribution in [2.24, 2.45) is 5.41 Å². The molecule has 0 aliphatic rings. The third kappa shape index (κ3) is 4.43. The SMILES string of the molecule is COC(=O)C(C)(C)CCOc1ccc(C(F)(F)F)cc1. The lowest BCUT2D eigenvalue weighted by Crippen LogP contribution is -2.27. The first kappa shape index (κ1) is 16.3. The minimum Gasteiger partial charge on any atom is -0.494 e. The Morgan fingerprint density at radius 3 is 2.15 bits per heavy atom. The van der Waals surface area contributed by atoms with Crippen LogP contribution in [0.5, 0.6) is 5.75 Å². The number of ether oxygens (including phenoxy) is 2. The zero-order valence-electron chi connectivity index (χ0n) is 11.6. The van der Waals surface area contributed by atoms with Crippen molar-refractivity contribution in [2.75, 3.05) is 13.7 Å². The first-order valence-electron chi connectivity index (χ1n) is 6.05. The van der Waals surface area contributed by atoms with Crippen LogP contribution in [-0.2, 0) is 15.7 Å². The minimum atomic E-state index is -4.36. The lowest BCUT2D eigenvalue weighted by Gasteiger charge is -2.21. The monoisotopic (exact) mass is 290 g/mol. The molecule has 0 radical (unpaired) electrons. The van der Waals surface area contributed by atoms with Gasteiger partial charge in [0, 0.05) is 0 Å². The topological polar surface area (TPSA) is 35.5 Å². The van der Waals surface area contributed by atoms with Crippen molar-refractivity contribution in [1.29, 1.82) is 0 Å². The number of benzene rings is 1. The molecule has 6 heteroatoms. The van der Waals surface area contributed by atoms with Crippen LogP contribution >= 0.6 is 0 Å². The van der Waals surface area contributed by atoms with Crippen LogP contribution in [0.4, 0.5) is 13.2 Å². The molecule has 0 aliphatic heterocycles. The van der Waals surface area contributed by atoms with Crippen molar-refractivity contribution < 1.29 is 27.4 Å². The van der Waals surface area contributed by atoms with Gasteiger partial charge in [-0.05, 0) is 44.5 Å². The maximum atomic E-state index is 12.4. The van der Waals surface area contributed by atoms with E-state index in [0.29, 0.717) is 12.2 Å². The van der Waals surface area contributed by atoms with E-state index in [1.54, 1.807) is 13.8 Å². The molecule has 0 bridgehead atoms. The predicted molar refractivity (Wildman–Crippen MR) is 67.4 cm³/mol. The Morgan fingerprint density at radius 1 is 1.15 bits per heavy atom. The smallest absolute Gasteiger partial charge is 0.416 e. The lowest BCUT2D eigenvalue weighted by atomic mass is 9.90. The van der Waals surface area contributed by atoms with Crippen LogP contribution in [0.2, 0.25) is 0 Å². The second-order valence-electron chi connectivity index (χ2n) is 5.00. The minimum absolute atomic E-state index is 0.216. The van der Waals surface area contributed by atoms with Gasteiger partial charge in [0.25, 0.3) is 0 Å². The van der Waals surface area contributed by atoms with Crippen LogP contribution < -0.4 is 4.74 Å². The van der Waals surface area contributed by atoms with Crippen LogP contribution in [0.25, 0.3) is 0 Å². The number of halogens is 3. The number of methoxy groups -OCH3 is 1. The van der Waals surface area contributed by atoms with E-state index < -0.39 is 17.2 Å². The summed E-state index contributed by atoms with van der Waals surface area (Å²) in [5.41, 5.74) is -1.42. The molecular formula is C14H17F3O3. The number of carbonyl (C=O) groups excluding carboxylic acids is 1. The molecule has 1 aromatic carbocycles. The molecule has 0 amide bonds. The largest absolute Gasteiger partial charge is 0.494 e. The highest BCUT2D eigenvalue weighted by molar-refractivity contribution is 5.75. The third-order valence-corrected chi connectivity index (χ3v) is 2.92. The van der Waals surface area contributed by atoms with Gasteiger partial charge in [0.1, 0.15) is 5.75 Å². The number of esters is 1. The third-order valence-electron chi connectivity index (χ3n) is 2.92. The van der Waals surface area contributed by atoms with Crippen LogP contribution in [0.15, 0.2) is 24.3 Å². The summed E-state index contributed by atoms with van der Waals surface area (Å²) >= 11 is 0. The van der Waals surface area contributed by atoms with Gasteiger partial charge in [0.15, 0.2) is 0 Å². The van der Waals surface area contributed by atoms with E-state index in [1.165, 1.54) is 19.2 Å². The summed E-state index contributed by atoms with van der Waals surface area (Å²) < 4.78 is 47.1. The molecule has 0 unspecified atom stereocenters. The zero-order valence-corrected chi connectivity index (χ0v) is 11.6. The van der Waals surface area contributed by atoms with Gasteiger partial charge in [-0.3, -0.25) is 4.79 Å². The van der Waals surface area contributed by atoms with E-state index in [4.69, 9.17) is 4.74 Å². The highest BCUT2D eigenvalue weighted by atomic mass is 19.4. The van der Waals surface area contributed by atoms with Gasteiger partial charge < -0.3 is 9.47 Å². The fourth-order valence-corrected chi connectivity index (χ4v) is 1.54. The van der Waals surface area contributed by atoms with E-state index in [2.05, 4.69) is 4.74 Å². The highest BCUT2D eigenvalue weighted by Crippen LogP contribution is 2.30. The molecule has 1 aromatic rings. The molecule has 0 saturated heterocycles. The first-order valence-corrected chi connectivity index (χ1v) is 6.05. The summed E-state index contributed by atoms with van der Waals surface area (Å²) in [4.78, 5) is 11.4. The number of hydrogen-bond donors (Lipinski definition) is 0. The van der Waals surface area contributed by atoms with Crippen LogP contribution in [0.1, 0.15) is 25.8 Å². The van der Waals surface area contributed by atoms with E-state index in [-0.39, 0.29) is 12.6 Å². The molecule has 0 aliphatic carbocycles. The molecule has 0 atom stereocenters.